The van der Waals surface area contributed by atoms with Gasteiger partial charge in [0.15, 0.2) is 0 Å². The molecule has 0 fully saturated rings. The molecule has 0 aromatic heterocycles. The predicted molar refractivity (Wildman–Crippen MR) is 79.3 cm³/mol. The first-order valence-corrected chi connectivity index (χ1v) is 7.25. The van der Waals surface area contributed by atoms with Gasteiger partial charge in [0, 0.05) is 17.4 Å². The lowest BCUT2D eigenvalue weighted by Crippen LogP contribution is -2.18. The van der Waals surface area contributed by atoms with Crippen molar-refractivity contribution in [3.8, 4) is 0 Å². The van der Waals surface area contributed by atoms with Gasteiger partial charge in [-0.05, 0) is 25.8 Å². The second-order valence-electron chi connectivity index (χ2n) is 4.63. The average molecular weight is 266 g/mol. The van der Waals surface area contributed by atoms with Crippen molar-refractivity contribution >= 4 is 17.6 Å². The van der Waals surface area contributed by atoms with Gasteiger partial charge in [-0.3, -0.25) is 0 Å². The first kappa shape index (κ1) is 14.9. The highest BCUT2D eigenvalue weighted by atomic mass is 32.2. The average Bonchev–Trinajstić information content (AvgIpc) is 2.32. The van der Waals surface area contributed by atoms with Crippen LogP contribution in [0.2, 0.25) is 0 Å². The Balaban J connectivity index is 2.56. The predicted octanol–water partition coefficient (Wildman–Crippen LogP) is 3.45. The summed E-state index contributed by atoms with van der Waals surface area (Å²) in [6.07, 6.45) is 1.66. The Hall–Kier alpha value is -1.16. The Morgan fingerprint density at radius 3 is 2.44 bits per heavy atom. The fraction of sp³-hybridized carbons (Fsp3) is 0.500. The standard InChI is InChI=1S/C14H22N2OS/c1-4-13(8-14(15)16-17)18-9-12-6-10(2)5-11(3)7-12/h5-7,13,17H,4,8-9H2,1-3H3,(H2,15,16). The number of hydrogen-bond donors (Lipinski definition) is 2. The van der Waals surface area contributed by atoms with Crippen LogP contribution in [-0.4, -0.2) is 16.3 Å². The molecule has 0 aliphatic carbocycles. The van der Waals surface area contributed by atoms with Gasteiger partial charge < -0.3 is 10.9 Å². The number of oxime groups is 1. The summed E-state index contributed by atoms with van der Waals surface area (Å²) in [6.45, 7) is 6.37. The SMILES string of the molecule is CCC(CC(N)=NO)SCc1cc(C)cc(C)c1. The van der Waals surface area contributed by atoms with Crippen LogP contribution in [0.1, 0.15) is 36.5 Å². The van der Waals surface area contributed by atoms with Gasteiger partial charge >= 0.3 is 0 Å². The van der Waals surface area contributed by atoms with E-state index in [2.05, 4.69) is 44.1 Å². The highest BCUT2D eigenvalue weighted by Gasteiger charge is 2.10. The Bertz CT molecular complexity index is 398. The molecule has 1 unspecified atom stereocenters. The van der Waals surface area contributed by atoms with Crippen molar-refractivity contribution in [3.05, 3.63) is 34.9 Å². The van der Waals surface area contributed by atoms with Crippen molar-refractivity contribution in [2.45, 2.75) is 44.6 Å². The fourth-order valence-electron chi connectivity index (χ4n) is 1.96. The van der Waals surface area contributed by atoms with Crippen LogP contribution >= 0.6 is 11.8 Å². The van der Waals surface area contributed by atoms with E-state index in [1.807, 2.05) is 11.8 Å². The fourth-order valence-corrected chi connectivity index (χ4v) is 3.08. The Morgan fingerprint density at radius 2 is 1.94 bits per heavy atom. The third kappa shape index (κ3) is 5.00. The lowest BCUT2D eigenvalue weighted by atomic mass is 10.1. The molecule has 0 saturated carbocycles. The summed E-state index contributed by atoms with van der Waals surface area (Å²) >= 11 is 1.86. The summed E-state index contributed by atoms with van der Waals surface area (Å²) in [7, 11) is 0. The van der Waals surface area contributed by atoms with Crippen molar-refractivity contribution < 1.29 is 5.21 Å². The molecule has 1 atom stereocenters. The van der Waals surface area contributed by atoms with Crippen LogP contribution in [0, 0.1) is 13.8 Å². The van der Waals surface area contributed by atoms with E-state index in [1.165, 1.54) is 16.7 Å². The molecule has 3 N–H and O–H groups in total. The molecule has 0 amide bonds. The molecule has 0 heterocycles. The van der Waals surface area contributed by atoms with E-state index in [0.29, 0.717) is 17.5 Å². The van der Waals surface area contributed by atoms with Gasteiger partial charge in [0.25, 0.3) is 0 Å². The largest absolute Gasteiger partial charge is 0.409 e. The molecule has 1 rings (SSSR count). The van der Waals surface area contributed by atoms with Crippen LogP contribution in [0.5, 0.6) is 0 Å². The topological polar surface area (TPSA) is 58.6 Å². The number of aryl methyl sites for hydroxylation is 2. The zero-order chi connectivity index (χ0) is 13.5. The van der Waals surface area contributed by atoms with Gasteiger partial charge in [-0.25, -0.2) is 0 Å². The summed E-state index contributed by atoms with van der Waals surface area (Å²) < 4.78 is 0. The van der Waals surface area contributed by atoms with Gasteiger partial charge in [0.2, 0.25) is 0 Å². The van der Waals surface area contributed by atoms with Crippen LogP contribution < -0.4 is 5.73 Å². The van der Waals surface area contributed by atoms with Crippen LogP contribution in [0.15, 0.2) is 23.4 Å². The van der Waals surface area contributed by atoms with Gasteiger partial charge in [0.05, 0.1) is 0 Å². The molecule has 100 valence electrons. The van der Waals surface area contributed by atoms with Crippen LogP contribution in [0.4, 0.5) is 0 Å². The zero-order valence-corrected chi connectivity index (χ0v) is 12.1. The highest BCUT2D eigenvalue weighted by molar-refractivity contribution is 7.99. The molecule has 3 nitrogen and oxygen atoms in total. The lowest BCUT2D eigenvalue weighted by Gasteiger charge is -2.14. The number of hydrogen-bond acceptors (Lipinski definition) is 3. The monoisotopic (exact) mass is 266 g/mol. The second kappa shape index (κ2) is 7.31. The van der Waals surface area contributed by atoms with Crippen molar-refractivity contribution in [2.75, 3.05) is 0 Å². The van der Waals surface area contributed by atoms with Crippen molar-refractivity contribution in [1.82, 2.24) is 0 Å². The number of amidine groups is 1. The van der Waals surface area contributed by atoms with E-state index in [4.69, 9.17) is 10.9 Å². The molecule has 1 aromatic rings. The minimum atomic E-state index is 0.315. The maximum atomic E-state index is 8.59. The summed E-state index contributed by atoms with van der Waals surface area (Å²) in [6, 6.07) is 6.62. The molecule has 0 aliphatic rings. The van der Waals surface area contributed by atoms with Gasteiger partial charge in [-0.1, -0.05) is 41.4 Å². The number of benzene rings is 1. The number of rotatable bonds is 6. The Labute approximate surface area is 113 Å². The third-order valence-corrected chi connectivity index (χ3v) is 4.26. The molecule has 0 spiro atoms. The smallest absolute Gasteiger partial charge is 0.140 e. The number of thioether (sulfide) groups is 1. The number of nitrogens with zero attached hydrogens (tertiary/aromatic N) is 1. The molecule has 0 bridgehead atoms. The molecular weight excluding hydrogens is 244 g/mol. The first-order valence-electron chi connectivity index (χ1n) is 6.20. The van der Waals surface area contributed by atoms with Gasteiger partial charge in [-0.2, -0.15) is 11.8 Å². The van der Waals surface area contributed by atoms with E-state index >= 15 is 0 Å². The normalized spacial score (nSPS) is 13.6. The third-order valence-electron chi connectivity index (χ3n) is 2.79. The van der Waals surface area contributed by atoms with Crippen molar-refractivity contribution in [1.29, 1.82) is 0 Å². The molecule has 0 aliphatic heterocycles. The minimum absolute atomic E-state index is 0.315. The molecule has 4 heteroatoms. The minimum Gasteiger partial charge on any atom is -0.409 e. The summed E-state index contributed by atoms with van der Waals surface area (Å²) in [5, 5.41) is 12.0. The molecule has 18 heavy (non-hydrogen) atoms. The first-order chi connectivity index (χ1) is 8.55. The second-order valence-corrected chi connectivity index (χ2v) is 5.92. The maximum Gasteiger partial charge on any atom is 0.140 e. The van der Waals surface area contributed by atoms with E-state index < -0.39 is 0 Å². The summed E-state index contributed by atoms with van der Waals surface area (Å²) in [5.74, 6) is 1.29. The van der Waals surface area contributed by atoms with Crippen molar-refractivity contribution in [2.24, 2.45) is 10.9 Å². The van der Waals surface area contributed by atoms with Gasteiger partial charge in [-0.15, -0.1) is 0 Å². The Kier molecular flexibility index (Phi) is 6.05. The maximum absolute atomic E-state index is 8.59. The van der Waals surface area contributed by atoms with E-state index in [-0.39, 0.29) is 0 Å². The lowest BCUT2D eigenvalue weighted by molar-refractivity contribution is 0.316. The van der Waals surface area contributed by atoms with E-state index in [9.17, 15) is 0 Å². The van der Waals surface area contributed by atoms with Crippen molar-refractivity contribution in [3.63, 3.8) is 0 Å². The van der Waals surface area contributed by atoms with Gasteiger partial charge in [0.1, 0.15) is 5.84 Å². The highest BCUT2D eigenvalue weighted by Crippen LogP contribution is 2.24. The molecule has 1 aromatic carbocycles. The van der Waals surface area contributed by atoms with E-state index in [0.717, 1.165) is 12.2 Å². The van der Waals surface area contributed by atoms with Crippen LogP contribution in [-0.2, 0) is 5.75 Å². The Morgan fingerprint density at radius 1 is 1.33 bits per heavy atom. The zero-order valence-electron chi connectivity index (χ0n) is 11.3. The summed E-state index contributed by atoms with van der Waals surface area (Å²) in [5.41, 5.74) is 9.50. The van der Waals surface area contributed by atoms with Crippen LogP contribution in [0.3, 0.4) is 0 Å². The molecule has 0 saturated heterocycles. The summed E-state index contributed by atoms with van der Waals surface area (Å²) in [4.78, 5) is 0. The number of nitrogens with two attached hydrogens (primary N) is 1. The quantitative estimate of drug-likeness (QED) is 0.359. The van der Waals surface area contributed by atoms with E-state index in [1.54, 1.807) is 0 Å². The van der Waals surface area contributed by atoms with Crippen LogP contribution in [0.25, 0.3) is 0 Å². The molecule has 0 radical (unpaired) electrons. The molecular formula is C14H22N2OS.